The largest absolute Gasteiger partial charge is 0.326 e. The maximum atomic E-state index is 12.8. The van der Waals surface area contributed by atoms with Gasteiger partial charge in [-0.3, -0.25) is 0 Å². The molecule has 1 aromatic heterocycles. The Hall–Kier alpha value is -0.950. The van der Waals surface area contributed by atoms with Gasteiger partial charge in [0.15, 0.2) is 0 Å². The number of fused-ring (bicyclic) bond motifs is 1. The monoisotopic (exact) mass is 310 g/mol. The van der Waals surface area contributed by atoms with Crippen LogP contribution in [0.25, 0.3) is 10.1 Å². The highest BCUT2D eigenvalue weighted by molar-refractivity contribution is 7.89. The molecular formula is C14H18N2O2S2. The molecule has 0 atom stereocenters. The quantitative estimate of drug-likeness (QED) is 0.922. The molecule has 0 amide bonds. The third kappa shape index (κ3) is 2.37. The maximum absolute atomic E-state index is 12.8. The van der Waals surface area contributed by atoms with Crippen molar-refractivity contribution in [2.24, 2.45) is 11.7 Å². The second kappa shape index (κ2) is 5.11. The molecular weight excluding hydrogens is 292 g/mol. The van der Waals surface area contributed by atoms with Crippen LogP contribution in [0.15, 0.2) is 29.2 Å². The van der Waals surface area contributed by atoms with E-state index in [4.69, 9.17) is 5.73 Å². The van der Waals surface area contributed by atoms with Crippen molar-refractivity contribution in [3.8, 4) is 0 Å². The Labute approximate surface area is 123 Å². The molecule has 0 saturated heterocycles. The fraction of sp³-hybridized carbons (Fsp3) is 0.429. The van der Waals surface area contributed by atoms with Crippen molar-refractivity contribution in [1.29, 1.82) is 0 Å². The van der Waals surface area contributed by atoms with Gasteiger partial charge in [0.25, 0.3) is 0 Å². The average Bonchev–Trinajstić information content (AvgIpc) is 3.15. The summed E-state index contributed by atoms with van der Waals surface area (Å²) in [5.74, 6) is 0.529. The van der Waals surface area contributed by atoms with E-state index in [0.717, 1.165) is 27.8 Å². The minimum atomic E-state index is -3.46. The first kappa shape index (κ1) is 14.0. The van der Waals surface area contributed by atoms with Crippen molar-refractivity contribution in [2.45, 2.75) is 24.3 Å². The van der Waals surface area contributed by atoms with Gasteiger partial charge < -0.3 is 5.73 Å². The van der Waals surface area contributed by atoms with E-state index in [2.05, 4.69) is 0 Å². The van der Waals surface area contributed by atoms with E-state index < -0.39 is 10.0 Å². The molecule has 6 heteroatoms. The van der Waals surface area contributed by atoms with Crippen LogP contribution in [0.4, 0.5) is 0 Å². The van der Waals surface area contributed by atoms with Crippen LogP contribution in [0.3, 0.4) is 0 Å². The van der Waals surface area contributed by atoms with Gasteiger partial charge in [-0.1, -0.05) is 18.2 Å². The van der Waals surface area contributed by atoms with Crippen molar-refractivity contribution < 1.29 is 8.42 Å². The van der Waals surface area contributed by atoms with E-state index in [1.165, 1.54) is 15.6 Å². The Balaban J connectivity index is 2.11. The zero-order valence-electron chi connectivity index (χ0n) is 11.4. The Morgan fingerprint density at radius 3 is 2.70 bits per heavy atom. The Morgan fingerprint density at radius 1 is 1.35 bits per heavy atom. The molecule has 2 aromatic rings. The summed E-state index contributed by atoms with van der Waals surface area (Å²) in [4.78, 5) is 1.15. The van der Waals surface area contributed by atoms with Gasteiger partial charge in [0.2, 0.25) is 10.0 Å². The number of sulfonamides is 1. The molecule has 4 nitrogen and oxygen atoms in total. The van der Waals surface area contributed by atoms with Gasteiger partial charge >= 0.3 is 0 Å². The van der Waals surface area contributed by atoms with Crippen LogP contribution >= 0.6 is 11.3 Å². The SMILES string of the molecule is CN(CC1CC1)S(=O)(=O)c1c(CN)sc2ccccc12. The molecule has 1 heterocycles. The second-order valence-electron chi connectivity index (χ2n) is 5.28. The fourth-order valence-electron chi connectivity index (χ4n) is 2.41. The highest BCUT2D eigenvalue weighted by atomic mass is 32.2. The van der Waals surface area contributed by atoms with Gasteiger partial charge in [-0.2, -0.15) is 0 Å². The summed E-state index contributed by atoms with van der Waals surface area (Å²) in [6.45, 7) is 0.863. The van der Waals surface area contributed by atoms with Crippen LogP contribution in [-0.2, 0) is 16.6 Å². The first-order chi connectivity index (χ1) is 9.54. The fourth-order valence-corrected chi connectivity index (χ4v) is 5.44. The highest BCUT2D eigenvalue weighted by Crippen LogP contribution is 2.37. The maximum Gasteiger partial charge on any atom is 0.244 e. The lowest BCUT2D eigenvalue weighted by atomic mass is 10.2. The van der Waals surface area contributed by atoms with E-state index in [-0.39, 0.29) is 6.54 Å². The summed E-state index contributed by atoms with van der Waals surface area (Å²) >= 11 is 1.47. The summed E-state index contributed by atoms with van der Waals surface area (Å²) < 4.78 is 28.1. The molecule has 1 aliphatic carbocycles. The predicted molar refractivity (Wildman–Crippen MR) is 82.3 cm³/mol. The van der Waals surface area contributed by atoms with E-state index in [9.17, 15) is 8.42 Å². The lowest BCUT2D eigenvalue weighted by molar-refractivity contribution is 0.453. The van der Waals surface area contributed by atoms with Crippen LogP contribution in [0.1, 0.15) is 17.7 Å². The normalized spacial score (nSPS) is 16.1. The summed E-state index contributed by atoms with van der Waals surface area (Å²) in [6, 6.07) is 7.60. The second-order valence-corrected chi connectivity index (χ2v) is 8.40. The lowest BCUT2D eigenvalue weighted by Crippen LogP contribution is -2.29. The van der Waals surface area contributed by atoms with Crippen molar-refractivity contribution >= 4 is 31.4 Å². The topological polar surface area (TPSA) is 63.4 Å². The van der Waals surface area contributed by atoms with Gasteiger partial charge in [0.05, 0.1) is 0 Å². The van der Waals surface area contributed by atoms with Gasteiger partial charge in [0.1, 0.15) is 4.90 Å². The third-order valence-electron chi connectivity index (χ3n) is 3.68. The van der Waals surface area contributed by atoms with E-state index in [1.54, 1.807) is 7.05 Å². The predicted octanol–water partition coefficient (Wildman–Crippen LogP) is 2.39. The molecule has 1 aliphatic rings. The average molecular weight is 310 g/mol. The number of rotatable bonds is 5. The van der Waals surface area contributed by atoms with Crippen molar-refractivity contribution in [1.82, 2.24) is 4.31 Å². The number of hydrogen-bond donors (Lipinski definition) is 1. The molecule has 108 valence electrons. The van der Waals surface area contributed by atoms with E-state index >= 15 is 0 Å². The van der Waals surface area contributed by atoms with Crippen LogP contribution in [-0.4, -0.2) is 26.3 Å². The Morgan fingerprint density at radius 2 is 2.05 bits per heavy atom. The van der Waals surface area contributed by atoms with Crippen molar-refractivity contribution in [3.05, 3.63) is 29.1 Å². The van der Waals surface area contributed by atoms with Crippen molar-refractivity contribution in [3.63, 3.8) is 0 Å². The Kier molecular flexibility index (Phi) is 3.58. The number of thiophene rings is 1. The van der Waals surface area contributed by atoms with Gasteiger partial charge in [-0.25, -0.2) is 12.7 Å². The first-order valence-electron chi connectivity index (χ1n) is 6.71. The van der Waals surface area contributed by atoms with Gasteiger partial charge in [0, 0.05) is 35.1 Å². The molecule has 1 saturated carbocycles. The number of nitrogens with zero attached hydrogens (tertiary/aromatic N) is 1. The first-order valence-corrected chi connectivity index (χ1v) is 8.96. The summed E-state index contributed by atoms with van der Waals surface area (Å²) in [5, 5.41) is 0.792. The number of hydrogen-bond acceptors (Lipinski definition) is 4. The van der Waals surface area contributed by atoms with E-state index in [1.807, 2.05) is 24.3 Å². The van der Waals surface area contributed by atoms with Crippen LogP contribution in [0.5, 0.6) is 0 Å². The molecule has 0 bridgehead atoms. The molecule has 0 aliphatic heterocycles. The van der Waals surface area contributed by atoms with Crippen molar-refractivity contribution in [2.75, 3.05) is 13.6 Å². The van der Waals surface area contributed by atoms with Crippen LogP contribution in [0.2, 0.25) is 0 Å². The molecule has 0 spiro atoms. The van der Waals surface area contributed by atoms with Gasteiger partial charge in [-0.15, -0.1) is 11.3 Å². The molecule has 3 rings (SSSR count). The molecule has 1 fully saturated rings. The zero-order valence-corrected chi connectivity index (χ0v) is 13.0. The summed E-state index contributed by atoms with van der Waals surface area (Å²) in [7, 11) is -1.79. The molecule has 20 heavy (non-hydrogen) atoms. The van der Waals surface area contributed by atoms with Crippen LogP contribution in [0, 0.1) is 5.92 Å². The molecule has 0 unspecified atom stereocenters. The highest BCUT2D eigenvalue weighted by Gasteiger charge is 2.32. The molecule has 2 N–H and O–H groups in total. The lowest BCUT2D eigenvalue weighted by Gasteiger charge is -2.17. The zero-order chi connectivity index (χ0) is 14.3. The van der Waals surface area contributed by atoms with Crippen LogP contribution < -0.4 is 5.73 Å². The molecule has 0 radical (unpaired) electrons. The summed E-state index contributed by atoms with van der Waals surface area (Å²) in [5.41, 5.74) is 5.75. The smallest absolute Gasteiger partial charge is 0.244 e. The third-order valence-corrected chi connectivity index (χ3v) is 6.96. The standard InChI is InChI=1S/C14H18N2O2S2/c1-16(9-10-6-7-10)20(17,18)14-11-4-2-3-5-12(11)19-13(14)8-15/h2-5,10H,6-9,15H2,1H3. The van der Waals surface area contributed by atoms with Gasteiger partial charge in [-0.05, 0) is 24.8 Å². The Bertz CT molecular complexity index is 733. The molecule has 1 aromatic carbocycles. The van der Waals surface area contributed by atoms with E-state index in [0.29, 0.717) is 17.4 Å². The minimum absolute atomic E-state index is 0.255. The number of benzene rings is 1. The summed E-state index contributed by atoms with van der Waals surface area (Å²) in [6.07, 6.45) is 2.27. The number of nitrogens with two attached hydrogens (primary N) is 1. The minimum Gasteiger partial charge on any atom is -0.326 e.